The summed E-state index contributed by atoms with van der Waals surface area (Å²) >= 11 is 3.47. The lowest BCUT2D eigenvalue weighted by atomic mass is 10.1. The Labute approximate surface area is 122 Å². The van der Waals surface area contributed by atoms with Crippen molar-refractivity contribution in [3.63, 3.8) is 0 Å². The highest BCUT2D eigenvalue weighted by Gasteiger charge is 1.87. The van der Waals surface area contributed by atoms with E-state index >= 15 is 0 Å². The van der Waals surface area contributed by atoms with Gasteiger partial charge in [-0.05, 0) is 38.5 Å². The first-order valence-corrected chi connectivity index (χ1v) is 8.55. The lowest BCUT2D eigenvalue weighted by molar-refractivity contribution is 0.641. The van der Waals surface area contributed by atoms with Gasteiger partial charge in [-0.15, -0.1) is 0 Å². The summed E-state index contributed by atoms with van der Waals surface area (Å²) in [6, 6.07) is 0. The van der Waals surface area contributed by atoms with Gasteiger partial charge < -0.3 is 0 Å². The van der Waals surface area contributed by atoms with Crippen molar-refractivity contribution < 1.29 is 0 Å². The fourth-order valence-electron chi connectivity index (χ4n) is 1.71. The summed E-state index contributed by atoms with van der Waals surface area (Å²) in [4.78, 5) is 0. The lowest BCUT2D eigenvalue weighted by Gasteiger charge is -1.96. The van der Waals surface area contributed by atoms with Crippen LogP contribution in [0.25, 0.3) is 0 Å². The van der Waals surface area contributed by atoms with Crippen molar-refractivity contribution in [2.24, 2.45) is 0 Å². The zero-order valence-electron chi connectivity index (χ0n) is 11.9. The summed E-state index contributed by atoms with van der Waals surface area (Å²) in [7, 11) is 0. The average molecular weight is 313 g/mol. The minimum Gasteiger partial charge on any atom is -0.0928 e. The minimum atomic E-state index is 1.08. The van der Waals surface area contributed by atoms with Crippen molar-refractivity contribution in [2.75, 3.05) is 5.33 Å². The van der Waals surface area contributed by atoms with Gasteiger partial charge in [-0.2, -0.15) is 0 Å². The molecule has 0 saturated carbocycles. The zero-order chi connectivity index (χ0) is 13.3. The molecule has 1 heteroatoms. The van der Waals surface area contributed by atoms with Crippen molar-refractivity contribution >= 4 is 15.9 Å². The molecule has 0 amide bonds. The molecule has 0 N–H and O–H groups in total. The SMILES string of the molecule is CC/C=C\C/C=C\C/C=C\CCCCCCCBr. The second-order valence-electron chi connectivity index (χ2n) is 4.54. The van der Waals surface area contributed by atoms with Crippen molar-refractivity contribution in [3.05, 3.63) is 36.5 Å². The molecule has 0 radical (unpaired) electrons. The Hall–Kier alpha value is -0.300. The molecule has 0 rings (SSSR count). The first-order valence-electron chi connectivity index (χ1n) is 7.42. The van der Waals surface area contributed by atoms with Crippen molar-refractivity contribution in [1.29, 1.82) is 0 Å². The molecule has 18 heavy (non-hydrogen) atoms. The van der Waals surface area contributed by atoms with Crippen molar-refractivity contribution in [3.8, 4) is 0 Å². The molecular formula is C17H29Br. The topological polar surface area (TPSA) is 0 Å². The van der Waals surface area contributed by atoms with E-state index in [9.17, 15) is 0 Å². The van der Waals surface area contributed by atoms with Crippen LogP contribution < -0.4 is 0 Å². The van der Waals surface area contributed by atoms with Gasteiger partial charge in [0.05, 0.1) is 0 Å². The van der Waals surface area contributed by atoms with Gasteiger partial charge in [0, 0.05) is 5.33 Å². The third-order valence-electron chi connectivity index (χ3n) is 2.78. The number of halogens is 1. The number of unbranched alkanes of at least 4 members (excludes halogenated alkanes) is 5. The van der Waals surface area contributed by atoms with E-state index in [1.54, 1.807) is 0 Å². The molecule has 0 unspecified atom stereocenters. The highest BCUT2D eigenvalue weighted by atomic mass is 79.9. The third-order valence-corrected chi connectivity index (χ3v) is 3.35. The first kappa shape index (κ1) is 17.7. The minimum absolute atomic E-state index is 1.08. The van der Waals surface area contributed by atoms with E-state index in [4.69, 9.17) is 0 Å². The zero-order valence-corrected chi connectivity index (χ0v) is 13.5. The van der Waals surface area contributed by atoms with E-state index in [0.29, 0.717) is 0 Å². The van der Waals surface area contributed by atoms with Crippen LogP contribution in [-0.2, 0) is 0 Å². The molecule has 0 aliphatic rings. The van der Waals surface area contributed by atoms with Gasteiger partial charge in [0.2, 0.25) is 0 Å². The first-order chi connectivity index (χ1) is 8.91. The maximum atomic E-state index is 3.47. The standard InChI is InChI=1S/C17H29Br/c1-2-3-4-5-6-7-8-9-10-11-12-13-14-15-16-17-18/h3-4,6-7,9-10H,2,5,8,11-17H2,1H3/b4-3-,7-6-,10-9-. The highest BCUT2D eigenvalue weighted by molar-refractivity contribution is 9.09. The molecule has 0 saturated heterocycles. The van der Waals surface area contributed by atoms with Gasteiger partial charge in [-0.1, -0.05) is 78.6 Å². The summed E-state index contributed by atoms with van der Waals surface area (Å²) in [5.74, 6) is 0. The summed E-state index contributed by atoms with van der Waals surface area (Å²) in [6.45, 7) is 2.17. The van der Waals surface area contributed by atoms with E-state index in [-0.39, 0.29) is 0 Å². The maximum absolute atomic E-state index is 3.47. The molecule has 104 valence electrons. The Kier molecular flexibility index (Phi) is 16.4. The molecular weight excluding hydrogens is 284 g/mol. The van der Waals surface area contributed by atoms with Crippen LogP contribution in [0.3, 0.4) is 0 Å². The molecule has 0 nitrogen and oxygen atoms in total. The van der Waals surface area contributed by atoms with Gasteiger partial charge in [0.1, 0.15) is 0 Å². The van der Waals surface area contributed by atoms with E-state index < -0.39 is 0 Å². The second kappa shape index (κ2) is 16.7. The normalized spacial score (nSPS) is 12.3. The highest BCUT2D eigenvalue weighted by Crippen LogP contribution is 2.07. The van der Waals surface area contributed by atoms with Crippen LogP contribution in [-0.4, -0.2) is 5.33 Å². The number of hydrogen-bond donors (Lipinski definition) is 0. The Morgan fingerprint density at radius 3 is 1.89 bits per heavy atom. The molecule has 0 spiro atoms. The fourth-order valence-corrected chi connectivity index (χ4v) is 2.11. The van der Waals surface area contributed by atoms with E-state index in [1.807, 2.05) is 0 Å². The molecule has 0 aromatic rings. The molecule has 0 heterocycles. The molecule has 0 aromatic carbocycles. The molecule has 0 bridgehead atoms. The quantitative estimate of drug-likeness (QED) is 0.217. The molecule has 0 aromatic heterocycles. The molecule has 0 aliphatic carbocycles. The van der Waals surface area contributed by atoms with Crippen LogP contribution in [0.4, 0.5) is 0 Å². The van der Waals surface area contributed by atoms with Crippen molar-refractivity contribution in [1.82, 2.24) is 0 Å². The number of hydrogen-bond acceptors (Lipinski definition) is 0. The summed E-state index contributed by atoms with van der Waals surface area (Å²) < 4.78 is 0. The van der Waals surface area contributed by atoms with Gasteiger partial charge >= 0.3 is 0 Å². The lowest BCUT2D eigenvalue weighted by Crippen LogP contribution is -1.79. The van der Waals surface area contributed by atoms with Crippen LogP contribution >= 0.6 is 15.9 Å². The Morgan fingerprint density at radius 2 is 1.22 bits per heavy atom. The Morgan fingerprint density at radius 1 is 0.667 bits per heavy atom. The van der Waals surface area contributed by atoms with Crippen LogP contribution in [0.2, 0.25) is 0 Å². The molecule has 0 fully saturated rings. The average Bonchev–Trinajstić information content (AvgIpc) is 2.39. The predicted octanol–water partition coefficient (Wildman–Crippen LogP) is 6.58. The van der Waals surface area contributed by atoms with Gasteiger partial charge in [-0.3, -0.25) is 0 Å². The second-order valence-corrected chi connectivity index (χ2v) is 5.33. The summed E-state index contributed by atoms with van der Waals surface area (Å²) in [5, 5.41) is 1.16. The molecule has 0 atom stereocenters. The maximum Gasteiger partial charge on any atom is 0.00313 e. The summed E-state index contributed by atoms with van der Waals surface area (Å²) in [6.07, 6.45) is 25.0. The van der Waals surface area contributed by atoms with E-state index in [1.165, 1.54) is 38.5 Å². The van der Waals surface area contributed by atoms with Crippen LogP contribution in [0.1, 0.15) is 64.7 Å². The van der Waals surface area contributed by atoms with Crippen LogP contribution in [0.5, 0.6) is 0 Å². The molecule has 0 aliphatic heterocycles. The largest absolute Gasteiger partial charge is 0.0928 e. The Balaban J connectivity index is 3.20. The smallest absolute Gasteiger partial charge is 0.00313 e. The van der Waals surface area contributed by atoms with E-state index in [2.05, 4.69) is 59.3 Å². The van der Waals surface area contributed by atoms with Crippen LogP contribution in [0, 0.1) is 0 Å². The monoisotopic (exact) mass is 312 g/mol. The van der Waals surface area contributed by atoms with Gasteiger partial charge in [-0.25, -0.2) is 0 Å². The predicted molar refractivity (Wildman–Crippen MR) is 88.4 cm³/mol. The number of allylic oxidation sites excluding steroid dienone is 6. The van der Waals surface area contributed by atoms with Crippen LogP contribution in [0.15, 0.2) is 36.5 Å². The Bertz CT molecular complexity index is 226. The summed E-state index contributed by atoms with van der Waals surface area (Å²) in [5.41, 5.74) is 0. The third kappa shape index (κ3) is 15.7. The fraction of sp³-hybridized carbons (Fsp3) is 0.647. The van der Waals surface area contributed by atoms with E-state index in [0.717, 1.165) is 24.6 Å². The van der Waals surface area contributed by atoms with Gasteiger partial charge in [0.15, 0.2) is 0 Å². The number of alkyl halides is 1. The van der Waals surface area contributed by atoms with Gasteiger partial charge in [0.25, 0.3) is 0 Å². The van der Waals surface area contributed by atoms with Crippen molar-refractivity contribution in [2.45, 2.75) is 64.7 Å². The number of rotatable bonds is 12.